The molecule has 1 aromatic carbocycles. The molecule has 4 rings (SSSR count). The molecule has 0 bridgehead atoms. The van der Waals surface area contributed by atoms with Gasteiger partial charge in [-0.2, -0.15) is 0 Å². The van der Waals surface area contributed by atoms with Gasteiger partial charge in [-0.1, -0.05) is 30.9 Å². The lowest BCUT2D eigenvalue weighted by molar-refractivity contribution is 0.0728. The third-order valence-electron chi connectivity index (χ3n) is 6.47. The fourth-order valence-corrected chi connectivity index (χ4v) is 4.75. The van der Waals surface area contributed by atoms with Crippen LogP contribution in [0.1, 0.15) is 60.6 Å². The van der Waals surface area contributed by atoms with Crippen LogP contribution in [0.5, 0.6) is 0 Å². The topological polar surface area (TPSA) is 76.5 Å². The van der Waals surface area contributed by atoms with Crippen molar-refractivity contribution in [2.45, 2.75) is 58.0 Å². The number of aromatic nitrogens is 2. The van der Waals surface area contributed by atoms with Gasteiger partial charge in [-0.15, -0.1) is 4.73 Å². The van der Waals surface area contributed by atoms with Gasteiger partial charge in [0.15, 0.2) is 0 Å². The molecular weight excluding hydrogens is 416 g/mol. The van der Waals surface area contributed by atoms with Crippen LogP contribution in [0.4, 0.5) is 5.95 Å². The predicted octanol–water partition coefficient (Wildman–Crippen LogP) is 3.53. The van der Waals surface area contributed by atoms with Crippen molar-refractivity contribution in [1.29, 1.82) is 0 Å². The third-order valence-corrected chi connectivity index (χ3v) is 6.72. The Bertz CT molecular complexity index is 999. The standard InChI is InChI=1S/C23H29ClN4O3/c1-15(16-6-4-3-5-7-16)25-23-26-20-12-13-27(14-19(20)22(30)28(23)31-2)21(29)17-8-10-18(24)11-9-17/h8-11,15-16H,3-7,12-14H2,1-2H3,(H,25,26)/t15-/m0/s1. The summed E-state index contributed by atoms with van der Waals surface area (Å²) in [4.78, 5) is 37.8. The maximum absolute atomic E-state index is 13.2. The van der Waals surface area contributed by atoms with Crippen LogP contribution >= 0.6 is 11.6 Å². The van der Waals surface area contributed by atoms with E-state index in [0.717, 1.165) is 5.69 Å². The molecule has 166 valence electrons. The number of anilines is 1. The van der Waals surface area contributed by atoms with Crippen molar-refractivity contribution in [3.8, 4) is 0 Å². The van der Waals surface area contributed by atoms with Crippen molar-refractivity contribution in [1.82, 2.24) is 14.6 Å². The van der Waals surface area contributed by atoms with Gasteiger partial charge in [0.2, 0.25) is 5.95 Å². The minimum Gasteiger partial charge on any atom is -0.411 e. The maximum Gasteiger partial charge on any atom is 0.293 e. The molecule has 1 N–H and O–H groups in total. The van der Waals surface area contributed by atoms with E-state index in [-0.39, 0.29) is 24.1 Å². The van der Waals surface area contributed by atoms with Gasteiger partial charge in [0.25, 0.3) is 11.5 Å². The Morgan fingerprint density at radius 1 is 1.23 bits per heavy atom. The van der Waals surface area contributed by atoms with Crippen LogP contribution in [0.2, 0.25) is 5.02 Å². The van der Waals surface area contributed by atoms with Gasteiger partial charge >= 0.3 is 0 Å². The van der Waals surface area contributed by atoms with Crippen LogP contribution in [0.25, 0.3) is 0 Å². The fraction of sp³-hybridized carbons (Fsp3) is 0.522. The first-order chi connectivity index (χ1) is 15.0. The zero-order valence-corrected chi connectivity index (χ0v) is 18.8. The number of nitrogens with zero attached hydrogens (tertiary/aromatic N) is 3. The molecule has 1 aliphatic carbocycles. The zero-order chi connectivity index (χ0) is 22.0. The summed E-state index contributed by atoms with van der Waals surface area (Å²) in [6, 6.07) is 6.99. The molecule has 1 fully saturated rings. The number of hydrogen-bond donors (Lipinski definition) is 1. The Balaban J connectivity index is 1.56. The van der Waals surface area contributed by atoms with E-state index in [4.69, 9.17) is 21.4 Å². The molecule has 2 aromatic rings. The highest BCUT2D eigenvalue weighted by atomic mass is 35.5. The highest BCUT2D eigenvalue weighted by molar-refractivity contribution is 6.30. The Kier molecular flexibility index (Phi) is 6.51. The smallest absolute Gasteiger partial charge is 0.293 e. The first kappa shape index (κ1) is 21.7. The quantitative estimate of drug-likeness (QED) is 0.763. The highest BCUT2D eigenvalue weighted by Crippen LogP contribution is 2.28. The summed E-state index contributed by atoms with van der Waals surface area (Å²) in [5.74, 6) is 0.889. The minimum atomic E-state index is -0.264. The van der Waals surface area contributed by atoms with Gasteiger partial charge in [-0.25, -0.2) is 4.98 Å². The molecule has 1 aliphatic heterocycles. The molecule has 1 amide bonds. The Morgan fingerprint density at radius 2 is 1.94 bits per heavy atom. The van der Waals surface area contributed by atoms with Crippen LogP contribution in [-0.4, -0.2) is 40.2 Å². The van der Waals surface area contributed by atoms with Gasteiger partial charge in [0.1, 0.15) is 7.11 Å². The van der Waals surface area contributed by atoms with E-state index in [2.05, 4.69) is 12.2 Å². The normalized spacial score (nSPS) is 17.7. The lowest BCUT2D eigenvalue weighted by Gasteiger charge is -2.31. The van der Waals surface area contributed by atoms with E-state index in [1.165, 1.54) is 43.9 Å². The number of benzene rings is 1. The van der Waals surface area contributed by atoms with Crippen molar-refractivity contribution >= 4 is 23.5 Å². The predicted molar refractivity (Wildman–Crippen MR) is 121 cm³/mol. The Morgan fingerprint density at radius 3 is 2.61 bits per heavy atom. The molecule has 8 heteroatoms. The largest absolute Gasteiger partial charge is 0.411 e. The zero-order valence-electron chi connectivity index (χ0n) is 18.1. The summed E-state index contributed by atoms with van der Waals surface area (Å²) >= 11 is 5.93. The first-order valence-corrected chi connectivity index (χ1v) is 11.4. The molecule has 1 atom stereocenters. The lowest BCUT2D eigenvalue weighted by atomic mass is 9.85. The van der Waals surface area contributed by atoms with Crippen molar-refractivity contribution < 1.29 is 9.63 Å². The average Bonchev–Trinajstić information content (AvgIpc) is 2.80. The van der Waals surface area contributed by atoms with Crippen LogP contribution in [0.15, 0.2) is 29.1 Å². The summed E-state index contributed by atoms with van der Waals surface area (Å²) in [7, 11) is 1.46. The SMILES string of the molecule is COn1c(N[C@@H](C)C2CCCCC2)nc2c(c1=O)CN(C(=O)c1ccc(Cl)cc1)CC2. The van der Waals surface area contributed by atoms with E-state index < -0.39 is 0 Å². The van der Waals surface area contributed by atoms with E-state index in [1.54, 1.807) is 29.2 Å². The molecule has 2 aliphatic rings. The molecule has 2 heterocycles. The summed E-state index contributed by atoms with van der Waals surface area (Å²) < 4.78 is 1.22. The second kappa shape index (κ2) is 9.30. The van der Waals surface area contributed by atoms with Gasteiger partial charge < -0.3 is 15.1 Å². The molecule has 1 saturated carbocycles. The molecule has 0 unspecified atom stereocenters. The Hall–Kier alpha value is -2.54. The van der Waals surface area contributed by atoms with E-state index in [1.807, 2.05) is 0 Å². The average molecular weight is 445 g/mol. The van der Waals surface area contributed by atoms with Gasteiger partial charge in [-0.05, 0) is 49.9 Å². The number of carbonyl (C=O) groups excluding carboxylic acids is 1. The molecule has 0 spiro atoms. The van der Waals surface area contributed by atoms with Crippen molar-refractivity contribution in [3.63, 3.8) is 0 Å². The van der Waals surface area contributed by atoms with Crippen molar-refractivity contribution in [2.24, 2.45) is 5.92 Å². The number of halogens is 1. The molecule has 31 heavy (non-hydrogen) atoms. The van der Waals surface area contributed by atoms with E-state index in [0.29, 0.717) is 41.0 Å². The number of rotatable bonds is 5. The second-order valence-corrected chi connectivity index (χ2v) is 8.89. The minimum absolute atomic E-state index is 0.126. The van der Waals surface area contributed by atoms with Crippen LogP contribution in [-0.2, 0) is 13.0 Å². The number of fused-ring (bicyclic) bond motifs is 1. The maximum atomic E-state index is 13.2. The van der Waals surface area contributed by atoms with Crippen LogP contribution in [0.3, 0.4) is 0 Å². The van der Waals surface area contributed by atoms with Gasteiger partial charge in [-0.3, -0.25) is 9.59 Å². The lowest BCUT2D eigenvalue weighted by Crippen LogP contribution is -2.43. The third kappa shape index (κ3) is 4.56. The van der Waals surface area contributed by atoms with Crippen molar-refractivity contribution in [2.75, 3.05) is 19.0 Å². The Labute approximate surface area is 187 Å². The van der Waals surface area contributed by atoms with Crippen molar-refractivity contribution in [3.05, 3.63) is 56.5 Å². The molecule has 0 saturated heterocycles. The van der Waals surface area contributed by atoms with Gasteiger partial charge in [0, 0.05) is 29.6 Å². The number of nitrogens with one attached hydrogen (secondary N) is 1. The van der Waals surface area contributed by atoms with Crippen LogP contribution < -0.4 is 15.7 Å². The monoisotopic (exact) mass is 444 g/mol. The summed E-state index contributed by atoms with van der Waals surface area (Å²) in [6.45, 7) is 2.87. The summed E-state index contributed by atoms with van der Waals surface area (Å²) in [5, 5.41) is 4.00. The second-order valence-electron chi connectivity index (χ2n) is 8.46. The number of amides is 1. The highest BCUT2D eigenvalue weighted by Gasteiger charge is 2.28. The number of hydrogen-bond acceptors (Lipinski definition) is 5. The fourth-order valence-electron chi connectivity index (χ4n) is 4.62. The van der Waals surface area contributed by atoms with E-state index in [9.17, 15) is 9.59 Å². The summed E-state index contributed by atoms with van der Waals surface area (Å²) in [5.41, 5.74) is 1.52. The molecule has 1 aromatic heterocycles. The summed E-state index contributed by atoms with van der Waals surface area (Å²) in [6.07, 6.45) is 6.72. The molecule has 0 radical (unpaired) electrons. The molecule has 7 nitrogen and oxygen atoms in total. The first-order valence-electron chi connectivity index (χ1n) is 11.0. The van der Waals surface area contributed by atoms with E-state index >= 15 is 0 Å². The molecular formula is C23H29ClN4O3. The van der Waals surface area contributed by atoms with Crippen LogP contribution in [0, 0.1) is 5.92 Å². The van der Waals surface area contributed by atoms with Gasteiger partial charge in [0.05, 0.1) is 17.8 Å². The number of carbonyl (C=O) groups is 1.